The monoisotopic (exact) mass is 609 g/mol. The van der Waals surface area contributed by atoms with Crippen LogP contribution in [0, 0.1) is 11.8 Å². The number of amides is 1. The molecule has 0 spiro atoms. The number of nitrogens with two attached hydrogens (primary N) is 1. The summed E-state index contributed by atoms with van der Waals surface area (Å²) in [5, 5.41) is 49.7. The van der Waals surface area contributed by atoms with E-state index in [2.05, 4.69) is 10.2 Å². The summed E-state index contributed by atoms with van der Waals surface area (Å²) in [7, 11) is 6.44. The number of phenols is 1. The molecule has 1 aromatic heterocycles. The van der Waals surface area contributed by atoms with E-state index in [1.54, 1.807) is 26.4 Å². The average molecular weight is 610 g/mol. The minimum atomic E-state index is -2.68. The number of phenolic OH excluding ortho intramolecular Hbond substituents is 1. The lowest BCUT2D eigenvalue weighted by atomic mass is 9.57. The van der Waals surface area contributed by atoms with Crippen LogP contribution < -0.4 is 11.1 Å². The van der Waals surface area contributed by atoms with Gasteiger partial charge in [-0.15, -0.1) is 0 Å². The van der Waals surface area contributed by atoms with Crippen molar-refractivity contribution in [2.75, 3.05) is 39.5 Å². The number of anilines is 1. The van der Waals surface area contributed by atoms with Gasteiger partial charge < -0.3 is 40.8 Å². The Labute approximate surface area is 256 Å². The van der Waals surface area contributed by atoms with Crippen LogP contribution in [0.25, 0.3) is 16.9 Å². The lowest BCUT2D eigenvalue weighted by Crippen LogP contribution is -2.65. The maximum absolute atomic E-state index is 14.2. The second kappa shape index (κ2) is 11.1. The van der Waals surface area contributed by atoms with Gasteiger partial charge in [0.2, 0.25) is 5.78 Å². The average Bonchev–Trinajstić information content (AvgIpc) is 3.53. The highest BCUT2D eigenvalue weighted by molar-refractivity contribution is 6.24. The van der Waals surface area contributed by atoms with Gasteiger partial charge in [0.05, 0.1) is 29.8 Å². The molecule has 4 aliphatic rings. The summed E-state index contributed by atoms with van der Waals surface area (Å²) in [5.41, 5.74) is 4.12. The van der Waals surface area contributed by atoms with Crippen molar-refractivity contribution in [1.29, 1.82) is 0 Å². The number of fused-ring (bicyclic) bond motifs is 3. The number of likely N-dealkylation sites (tertiary alicyclic amines) is 1. The molecule has 2 fully saturated rings. The second-order valence-electron chi connectivity index (χ2n) is 12.4. The molecule has 0 bridgehead atoms. The van der Waals surface area contributed by atoms with Crippen LogP contribution in [0.1, 0.15) is 39.2 Å². The van der Waals surface area contributed by atoms with Gasteiger partial charge in [0.15, 0.2) is 11.4 Å². The summed E-state index contributed by atoms with van der Waals surface area (Å²) < 4.78 is 11.1. The highest BCUT2D eigenvalue weighted by Crippen LogP contribution is 2.54. The van der Waals surface area contributed by atoms with Gasteiger partial charge >= 0.3 is 0 Å². The first-order valence-corrected chi connectivity index (χ1v) is 14.4. The maximum Gasteiger partial charge on any atom is 0.255 e. The number of ketones is 2. The molecular weight excluding hydrogens is 568 g/mol. The smallest absolute Gasteiger partial charge is 0.255 e. The zero-order chi connectivity index (χ0) is 33.0. The number of likely N-dealkylation sites (N-methyl/N-ethyl adjacent to an activating group) is 1. The Bertz CT molecular complexity index is 1590. The number of Topliss-reactive ketones (excluding diaryl/α,β-unsaturated/α-hetero) is 2. The number of aliphatic hydroxyl groups is 3. The van der Waals surface area contributed by atoms with E-state index >= 15 is 0 Å². The maximum atomic E-state index is 14.2. The SMILES string of the molecule is CN1CCC(Nc2cc(-c3ccoc3)c3c(c2O)C(O)=C2C(=O)[C@]4(O)C(O)=C(C(N)=O)C(=O)[C@@H](N(C)C)[C@@H]4C[C@@H]2C3)CC1.[2H]C. The summed E-state index contributed by atoms with van der Waals surface area (Å²) in [6, 6.07) is 2.51. The first kappa shape index (κ1) is 29.9. The van der Waals surface area contributed by atoms with E-state index in [9.17, 15) is 34.8 Å². The van der Waals surface area contributed by atoms with Gasteiger partial charge in [-0.3, -0.25) is 19.3 Å². The van der Waals surface area contributed by atoms with E-state index in [0.717, 1.165) is 25.9 Å². The Hall–Kier alpha value is -4.13. The molecule has 236 valence electrons. The van der Waals surface area contributed by atoms with Gasteiger partial charge in [0, 0.05) is 24.5 Å². The highest BCUT2D eigenvalue weighted by atomic mass is 16.3. The van der Waals surface area contributed by atoms with Gasteiger partial charge in [0.1, 0.15) is 22.8 Å². The van der Waals surface area contributed by atoms with Crippen LogP contribution in [0.2, 0.25) is 0 Å². The summed E-state index contributed by atoms with van der Waals surface area (Å²) in [5.74, 6) is -6.76. The molecule has 0 unspecified atom stereocenters. The standard InChI is InChI=1S/C31H36N4O8.CH4/c1-34(2)24-19-11-15-10-18-17(14-6-9-43-13-14)12-20(33-16-4-7-35(3)8-5-16)25(36)22(18)26(37)21(15)28(39)31(19,42)29(40)23(27(24)38)30(32)41;/h6,9,12-13,15-16,19,24,33,36-37,40,42H,4-5,7-8,10-11H2,1-3H3,(H2,32,41);1H4/t15-,19-,24-,31-;/m0./s1/i;1D. The summed E-state index contributed by atoms with van der Waals surface area (Å²) in [6.07, 6.45) is 4.98. The zero-order valence-electron chi connectivity index (χ0n) is 26.3. The molecule has 7 N–H and O–H groups in total. The van der Waals surface area contributed by atoms with E-state index in [1.165, 1.54) is 18.6 Å². The Morgan fingerprint density at radius 2 is 1.91 bits per heavy atom. The largest absolute Gasteiger partial charge is 0.508 e. The van der Waals surface area contributed by atoms with Crippen LogP contribution in [0.5, 0.6) is 5.75 Å². The number of carbonyl (C=O) groups is 3. The molecule has 1 aliphatic heterocycles. The van der Waals surface area contributed by atoms with Crippen molar-refractivity contribution >= 4 is 28.9 Å². The number of aromatic hydroxyl groups is 1. The van der Waals surface area contributed by atoms with Gasteiger partial charge in [-0.05, 0) is 89.1 Å². The molecule has 6 rings (SSSR count). The molecular formula is C32H40N4O8. The van der Waals surface area contributed by atoms with Crippen LogP contribution in [0.15, 0.2) is 46.0 Å². The third-order valence-electron chi connectivity index (χ3n) is 9.63. The predicted octanol–water partition coefficient (Wildman–Crippen LogP) is 2.37. The van der Waals surface area contributed by atoms with Gasteiger partial charge in [-0.2, -0.15) is 0 Å². The molecule has 1 saturated carbocycles. The second-order valence-corrected chi connectivity index (χ2v) is 12.4. The van der Waals surface area contributed by atoms with Gasteiger partial charge in [0.25, 0.3) is 5.91 Å². The van der Waals surface area contributed by atoms with Crippen molar-refractivity contribution in [1.82, 2.24) is 9.80 Å². The molecule has 2 aromatic rings. The normalized spacial score (nSPS) is 27.7. The molecule has 2 heterocycles. The number of rotatable bonds is 5. The third kappa shape index (κ3) is 4.51. The van der Waals surface area contributed by atoms with Crippen molar-refractivity contribution in [3.8, 4) is 16.9 Å². The minimum Gasteiger partial charge on any atom is -0.508 e. The number of benzene rings is 1. The molecule has 0 radical (unpaired) electrons. The fraction of sp³-hybridized carbons (Fsp3) is 0.469. The molecule has 12 nitrogen and oxygen atoms in total. The van der Waals surface area contributed by atoms with Crippen LogP contribution in [-0.4, -0.2) is 99.6 Å². The Morgan fingerprint density at radius 1 is 1.23 bits per heavy atom. The van der Waals surface area contributed by atoms with Crippen molar-refractivity contribution in [2.24, 2.45) is 17.6 Å². The van der Waals surface area contributed by atoms with Gasteiger partial charge in [-0.1, -0.05) is 7.40 Å². The molecule has 1 aromatic carbocycles. The van der Waals surface area contributed by atoms with Crippen molar-refractivity contribution in [2.45, 2.75) is 50.8 Å². The molecule has 12 heteroatoms. The Morgan fingerprint density at radius 3 is 2.50 bits per heavy atom. The van der Waals surface area contributed by atoms with Crippen molar-refractivity contribution in [3.05, 3.63) is 52.7 Å². The topological polar surface area (TPSA) is 190 Å². The molecule has 1 saturated heterocycles. The van der Waals surface area contributed by atoms with Crippen LogP contribution in [-0.2, 0) is 20.8 Å². The lowest BCUT2D eigenvalue weighted by molar-refractivity contribution is -0.153. The number of aliphatic hydroxyl groups excluding tert-OH is 2. The molecule has 1 amide bonds. The number of nitrogens with one attached hydrogen (secondary N) is 1. The van der Waals surface area contributed by atoms with E-state index in [0.29, 0.717) is 22.4 Å². The molecule has 4 atom stereocenters. The number of piperidine rings is 1. The first-order chi connectivity index (χ1) is 21.4. The summed E-state index contributed by atoms with van der Waals surface area (Å²) >= 11 is 0. The predicted molar refractivity (Wildman–Crippen MR) is 163 cm³/mol. The van der Waals surface area contributed by atoms with E-state index in [4.69, 9.17) is 11.5 Å². The van der Waals surface area contributed by atoms with Crippen LogP contribution >= 0.6 is 0 Å². The van der Waals surface area contributed by atoms with Crippen LogP contribution in [0.4, 0.5) is 5.69 Å². The van der Waals surface area contributed by atoms with E-state index in [1.807, 2.05) is 13.1 Å². The number of hydrogen-bond donors (Lipinski definition) is 6. The number of furan rings is 1. The number of primary amides is 1. The van der Waals surface area contributed by atoms with Crippen molar-refractivity contribution in [3.63, 3.8) is 0 Å². The fourth-order valence-corrected chi connectivity index (χ4v) is 7.47. The third-order valence-corrected chi connectivity index (χ3v) is 9.63. The number of carbonyl (C=O) groups excluding carboxylic acids is 3. The number of nitrogens with zero attached hydrogens (tertiary/aromatic N) is 2. The highest BCUT2D eigenvalue weighted by Gasteiger charge is 2.64. The van der Waals surface area contributed by atoms with Crippen LogP contribution in [0.3, 0.4) is 0 Å². The lowest BCUT2D eigenvalue weighted by Gasteiger charge is -2.50. The first-order valence-electron chi connectivity index (χ1n) is 15.4. The summed E-state index contributed by atoms with van der Waals surface area (Å²) in [6.45, 7) is 1.76. The van der Waals surface area contributed by atoms with E-state index < -0.39 is 58.0 Å². The summed E-state index contributed by atoms with van der Waals surface area (Å²) in [4.78, 5) is 43.4. The number of hydrogen-bond acceptors (Lipinski definition) is 11. The quantitative estimate of drug-likeness (QED) is 0.216. The fourth-order valence-electron chi connectivity index (χ4n) is 7.47. The Kier molecular flexibility index (Phi) is 7.55. The Balaban J connectivity index is 0.00000196. The molecule has 3 aliphatic carbocycles. The minimum absolute atomic E-state index is 0.0208. The van der Waals surface area contributed by atoms with Gasteiger partial charge in [-0.25, -0.2) is 0 Å². The zero-order valence-corrected chi connectivity index (χ0v) is 25.3. The molecule has 44 heavy (non-hydrogen) atoms. The van der Waals surface area contributed by atoms with Crippen molar-refractivity contribution < 1.29 is 40.6 Å². The van der Waals surface area contributed by atoms with E-state index in [-0.39, 0.29) is 35.8 Å².